The maximum atomic E-state index is 11.6. The fraction of sp³-hybridized carbons (Fsp3) is 0.417. The Bertz CT molecular complexity index is 344. The molecule has 3 heteroatoms. The molecule has 0 saturated heterocycles. The first-order chi connectivity index (χ1) is 7.09. The minimum absolute atomic E-state index is 0.0234. The summed E-state index contributed by atoms with van der Waals surface area (Å²) in [5.74, 6) is 0.695. The van der Waals surface area contributed by atoms with E-state index in [2.05, 4.69) is 0 Å². The zero-order valence-corrected chi connectivity index (χ0v) is 9.92. The Morgan fingerprint density at radius 3 is 2.40 bits per heavy atom. The molecular formula is C12H16O2S. The molecule has 0 fully saturated rings. The summed E-state index contributed by atoms with van der Waals surface area (Å²) in [6, 6.07) is 9.61. The summed E-state index contributed by atoms with van der Waals surface area (Å²) in [5, 5.41) is 0. The van der Waals surface area contributed by atoms with E-state index in [-0.39, 0.29) is 17.5 Å². The van der Waals surface area contributed by atoms with Gasteiger partial charge in [0, 0.05) is 22.5 Å². The van der Waals surface area contributed by atoms with Crippen molar-refractivity contribution < 1.29 is 9.00 Å². The van der Waals surface area contributed by atoms with Gasteiger partial charge in [-0.2, -0.15) is 0 Å². The van der Waals surface area contributed by atoms with E-state index in [1.54, 1.807) is 0 Å². The van der Waals surface area contributed by atoms with Gasteiger partial charge >= 0.3 is 0 Å². The van der Waals surface area contributed by atoms with Crippen molar-refractivity contribution in [2.45, 2.75) is 19.6 Å². The van der Waals surface area contributed by atoms with Crippen molar-refractivity contribution in [1.29, 1.82) is 0 Å². The van der Waals surface area contributed by atoms with E-state index in [4.69, 9.17) is 0 Å². The van der Waals surface area contributed by atoms with Gasteiger partial charge < -0.3 is 0 Å². The lowest BCUT2D eigenvalue weighted by Crippen LogP contribution is -2.17. The van der Waals surface area contributed by atoms with Crippen LogP contribution < -0.4 is 0 Å². The third-order valence-electron chi connectivity index (χ3n) is 2.12. The van der Waals surface area contributed by atoms with E-state index in [1.165, 1.54) is 0 Å². The maximum Gasteiger partial charge on any atom is 0.147 e. The second kappa shape index (κ2) is 5.81. The second-order valence-electron chi connectivity index (χ2n) is 3.84. The van der Waals surface area contributed by atoms with Crippen molar-refractivity contribution in [3.8, 4) is 0 Å². The van der Waals surface area contributed by atoms with Gasteiger partial charge in [0.15, 0.2) is 0 Å². The number of hydrogen-bond acceptors (Lipinski definition) is 2. The molecule has 0 N–H and O–H groups in total. The fourth-order valence-electron chi connectivity index (χ4n) is 1.14. The molecule has 0 aliphatic rings. The quantitative estimate of drug-likeness (QED) is 0.768. The lowest BCUT2D eigenvalue weighted by Gasteiger charge is -2.04. The summed E-state index contributed by atoms with van der Waals surface area (Å²) in [6.45, 7) is 3.67. The van der Waals surface area contributed by atoms with Crippen LogP contribution in [0.2, 0.25) is 0 Å². The average molecular weight is 224 g/mol. The fourth-order valence-corrected chi connectivity index (χ4v) is 2.45. The summed E-state index contributed by atoms with van der Waals surface area (Å²) in [4.78, 5) is 11.4. The highest BCUT2D eigenvalue weighted by molar-refractivity contribution is 7.84. The SMILES string of the molecule is CC(C)C(=O)CS(=O)Cc1ccccc1. The van der Waals surface area contributed by atoms with Crippen molar-refractivity contribution in [2.75, 3.05) is 5.75 Å². The molecule has 0 radical (unpaired) electrons. The molecule has 0 saturated carbocycles. The largest absolute Gasteiger partial charge is 0.298 e. The van der Waals surface area contributed by atoms with Crippen molar-refractivity contribution in [3.05, 3.63) is 35.9 Å². The van der Waals surface area contributed by atoms with Crippen LogP contribution in [-0.2, 0) is 21.3 Å². The molecule has 0 bridgehead atoms. The molecule has 1 unspecified atom stereocenters. The van der Waals surface area contributed by atoms with Crippen molar-refractivity contribution in [2.24, 2.45) is 5.92 Å². The molecule has 15 heavy (non-hydrogen) atoms. The Labute approximate surface area is 93.2 Å². The van der Waals surface area contributed by atoms with E-state index < -0.39 is 10.8 Å². The molecule has 0 spiro atoms. The number of hydrogen-bond donors (Lipinski definition) is 0. The molecule has 0 aliphatic heterocycles. The summed E-state index contributed by atoms with van der Waals surface area (Å²) < 4.78 is 11.6. The molecule has 1 atom stereocenters. The highest BCUT2D eigenvalue weighted by Gasteiger charge is 2.11. The molecule has 1 aromatic carbocycles. The van der Waals surface area contributed by atoms with Gasteiger partial charge in [0.1, 0.15) is 5.78 Å². The normalized spacial score (nSPS) is 12.7. The smallest absolute Gasteiger partial charge is 0.147 e. The monoisotopic (exact) mass is 224 g/mol. The first-order valence-corrected chi connectivity index (χ1v) is 6.50. The predicted molar refractivity (Wildman–Crippen MR) is 63.0 cm³/mol. The molecular weight excluding hydrogens is 208 g/mol. The van der Waals surface area contributed by atoms with Crippen LogP contribution in [0.3, 0.4) is 0 Å². The Morgan fingerprint density at radius 1 is 1.27 bits per heavy atom. The highest BCUT2D eigenvalue weighted by atomic mass is 32.2. The second-order valence-corrected chi connectivity index (χ2v) is 5.29. The summed E-state index contributed by atoms with van der Waals surface area (Å²) >= 11 is 0. The first kappa shape index (κ1) is 12.1. The molecule has 0 aliphatic carbocycles. The summed E-state index contributed by atoms with van der Waals surface area (Å²) in [5.41, 5.74) is 1.02. The Hall–Kier alpha value is -0.960. The third kappa shape index (κ3) is 4.38. The lowest BCUT2D eigenvalue weighted by atomic mass is 10.1. The van der Waals surface area contributed by atoms with Gasteiger partial charge in [0.25, 0.3) is 0 Å². The van der Waals surface area contributed by atoms with Gasteiger partial charge in [0.2, 0.25) is 0 Å². The van der Waals surface area contributed by atoms with Crippen molar-refractivity contribution in [3.63, 3.8) is 0 Å². The van der Waals surface area contributed by atoms with Crippen LogP contribution in [0.5, 0.6) is 0 Å². The van der Waals surface area contributed by atoms with Gasteiger partial charge in [-0.05, 0) is 5.56 Å². The predicted octanol–water partition coefficient (Wildman–Crippen LogP) is 2.16. The summed E-state index contributed by atoms with van der Waals surface area (Å²) in [6.07, 6.45) is 0. The Balaban J connectivity index is 2.47. The summed E-state index contributed by atoms with van der Waals surface area (Å²) in [7, 11) is -1.07. The maximum absolute atomic E-state index is 11.6. The zero-order chi connectivity index (χ0) is 11.3. The van der Waals surface area contributed by atoms with Crippen LogP contribution in [0.4, 0.5) is 0 Å². The minimum atomic E-state index is -1.07. The molecule has 0 heterocycles. The van der Waals surface area contributed by atoms with Gasteiger partial charge in [0.05, 0.1) is 5.75 Å². The first-order valence-electron chi connectivity index (χ1n) is 5.01. The Kier molecular flexibility index (Phi) is 4.69. The van der Waals surface area contributed by atoms with E-state index >= 15 is 0 Å². The number of rotatable bonds is 5. The number of carbonyl (C=O) groups is 1. The number of ketones is 1. The van der Waals surface area contributed by atoms with Crippen LogP contribution in [0.1, 0.15) is 19.4 Å². The lowest BCUT2D eigenvalue weighted by molar-refractivity contribution is -0.119. The van der Waals surface area contributed by atoms with E-state index in [1.807, 2.05) is 44.2 Å². The third-order valence-corrected chi connectivity index (χ3v) is 3.38. The van der Waals surface area contributed by atoms with E-state index in [0.717, 1.165) is 5.56 Å². The standard InChI is InChI=1S/C12H16O2S/c1-10(2)12(13)9-15(14)8-11-6-4-3-5-7-11/h3-7,10H,8-9H2,1-2H3. The van der Waals surface area contributed by atoms with Crippen LogP contribution in [0.15, 0.2) is 30.3 Å². The van der Waals surface area contributed by atoms with Gasteiger partial charge in [-0.1, -0.05) is 44.2 Å². The molecule has 1 rings (SSSR count). The molecule has 1 aromatic rings. The number of carbonyl (C=O) groups excluding carboxylic acids is 1. The number of Topliss-reactive ketones (excluding diaryl/α,β-unsaturated/α-hetero) is 1. The topological polar surface area (TPSA) is 34.1 Å². The molecule has 2 nitrogen and oxygen atoms in total. The average Bonchev–Trinajstić information content (AvgIpc) is 2.18. The highest BCUT2D eigenvalue weighted by Crippen LogP contribution is 2.04. The minimum Gasteiger partial charge on any atom is -0.298 e. The van der Waals surface area contributed by atoms with Crippen LogP contribution >= 0.6 is 0 Å². The van der Waals surface area contributed by atoms with Crippen LogP contribution in [-0.4, -0.2) is 15.7 Å². The van der Waals surface area contributed by atoms with Gasteiger partial charge in [-0.3, -0.25) is 9.00 Å². The Morgan fingerprint density at radius 2 is 1.87 bits per heavy atom. The van der Waals surface area contributed by atoms with Gasteiger partial charge in [-0.25, -0.2) is 0 Å². The molecule has 0 aromatic heterocycles. The molecule has 0 amide bonds. The van der Waals surface area contributed by atoms with E-state index in [0.29, 0.717) is 5.75 Å². The van der Waals surface area contributed by atoms with Gasteiger partial charge in [-0.15, -0.1) is 0 Å². The van der Waals surface area contributed by atoms with Crippen molar-refractivity contribution >= 4 is 16.6 Å². The van der Waals surface area contributed by atoms with Crippen molar-refractivity contribution in [1.82, 2.24) is 0 Å². The number of benzene rings is 1. The molecule has 82 valence electrons. The van der Waals surface area contributed by atoms with Crippen LogP contribution in [0.25, 0.3) is 0 Å². The zero-order valence-electron chi connectivity index (χ0n) is 9.10. The van der Waals surface area contributed by atoms with Crippen LogP contribution in [0, 0.1) is 5.92 Å². The van der Waals surface area contributed by atoms with E-state index in [9.17, 15) is 9.00 Å².